The fourth-order valence-corrected chi connectivity index (χ4v) is 4.90. The molecule has 0 N–H and O–H groups in total. The normalized spacial score (nSPS) is 19.4. The summed E-state index contributed by atoms with van der Waals surface area (Å²) in [6.07, 6.45) is 13.7. The predicted molar refractivity (Wildman–Crippen MR) is 128 cm³/mol. The molecule has 154 valence electrons. The number of hydrogen-bond acceptors (Lipinski definition) is 0. The van der Waals surface area contributed by atoms with Gasteiger partial charge >= 0.3 is 0 Å². The highest BCUT2D eigenvalue weighted by Crippen LogP contribution is 2.38. The van der Waals surface area contributed by atoms with Gasteiger partial charge in [0.1, 0.15) is 5.82 Å². The molecule has 30 heavy (non-hydrogen) atoms. The molecule has 1 fully saturated rings. The highest BCUT2D eigenvalue weighted by Gasteiger charge is 2.22. The highest BCUT2D eigenvalue weighted by molar-refractivity contribution is 5.89. The molecule has 0 atom stereocenters. The Morgan fingerprint density at radius 3 is 2.43 bits per heavy atom. The Kier molecular flexibility index (Phi) is 6.47. The first-order valence-corrected chi connectivity index (χ1v) is 11.3. The number of fused-ring (bicyclic) bond motifs is 1. The Labute approximate surface area is 180 Å². The summed E-state index contributed by atoms with van der Waals surface area (Å²) in [6, 6.07) is 18.5. The van der Waals surface area contributed by atoms with E-state index in [-0.39, 0.29) is 5.82 Å². The van der Waals surface area contributed by atoms with E-state index < -0.39 is 0 Å². The lowest BCUT2D eigenvalue weighted by Crippen LogP contribution is -2.13. The maximum atomic E-state index is 15.2. The Morgan fingerprint density at radius 1 is 0.967 bits per heavy atom. The zero-order chi connectivity index (χ0) is 20.9. The van der Waals surface area contributed by atoms with E-state index in [1.165, 1.54) is 37.7 Å². The zero-order valence-electron chi connectivity index (χ0n) is 17.9. The molecule has 0 bridgehead atoms. The Hall–Kier alpha value is -2.67. The van der Waals surface area contributed by atoms with Crippen LogP contribution in [0.2, 0.25) is 0 Å². The molecule has 0 aromatic heterocycles. The lowest BCUT2D eigenvalue weighted by Gasteiger charge is -2.28. The topological polar surface area (TPSA) is 0 Å². The first-order chi connectivity index (χ1) is 14.7. The summed E-state index contributed by atoms with van der Waals surface area (Å²) in [5.74, 6) is 1.37. The van der Waals surface area contributed by atoms with Crippen molar-refractivity contribution in [1.82, 2.24) is 0 Å². The standard InChI is InChI=1S/C29H31F/c1-3-5-7-21-8-11-23(12-9-21)24-13-15-25(16-14-24)27-19-17-26-20-22(6-4-2)10-18-28(26)29(27)30/h3-4,6,10,13-21,23H,1,5,7-9,11-12H2,2H3/b6-4+. The van der Waals surface area contributed by atoms with Crippen LogP contribution in [0.3, 0.4) is 0 Å². The van der Waals surface area contributed by atoms with Crippen LogP contribution >= 0.6 is 0 Å². The molecule has 0 nitrogen and oxygen atoms in total. The number of hydrogen-bond donors (Lipinski definition) is 0. The third-order valence-corrected chi connectivity index (χ3v) is 6.66. The minimum Gasteiger partial charge on any atom is -0.206 e. The second-order valence-electron chi connectivity index (χ2n) is 8.61. The third kappa shape index (κ3) is 4.41. The molecule has 0 spiro atoms. The number of allylic oxidation sites excluding steroid dienone is 2. The van der Waals surface area contributed by atoms with Gasteiger partial charge in [-0.25, -0.2) is 4.39 Å². The highest BCUT2D eigenvalue weighted by atomic mass is 19.1. The first-order valence-electron chi connectivity index (χ1n) is 11.3. The summed E-state index contributed by atoms with van der Waals surface area (Å²) in [6.45, 7) is 5.84. The van der Waals surface area contributed by atoms with Gasteiger partial charge in [0, 0.05) is 10.9 Å². The molecular formula is C29H31F. The van der Waals surface area contributed by atoms with Crippen LogP contribution in [0.25, 0.3) is 28.0 Å². The van der Waals surface area contributed by atoms with Gasteiger partial charge in [-0.1, -0.05) is 66.8 Å². The Balaban J connectivity index is 1.51. The van der Waals surface area contributed by atoms with E-state index in [1.54, 1.807) is 0 Å². The molecule has 0 radical (unpaired) electrons. The van der Waals surface area contributed by atoms with E-state index in [0.29, 0.717) is 16.9 Å². The van der Waals surface area contributed by atoms with Gasteiger partial charge in [-0.2, -0.15) is 0 Å². The number of benzene rings is 3. The van der Waals surface area contributed by atoms with Gasteiger partial charge in [0.2, 0.25) is 0 Å². The zero-order valence-corrected chi connectivity index (χ0v) is 17.9. The van der Waals surface area contributed by atoms with E-state index >= 15 is 4.39 Å². The van der Waals surface area contributed by atoms with E-state index in [0.717, 1.165) is 28.9 Å². The first kappa shape index (κ1) is 20.6. The van der Waals surface area contributed by atoms with Gasteiger partial charge in [0.05, 0.1) is 0 Å². The maximum absolute atomic E-state index is 15.2. The molecule has 0 amide bonds. The fourth-order valence-electron chi connectivity index (χ4n) is 4.90. The molecule has 1 heteroatoms. The summed E-state index contributed by atoms with van der Waals surface area (Å²) in [7, 11) is 0. The van der Waals surface area contributed by atoms with Crippen LogP contribution in [0, 0.1) is 11.7 Å². The van der Waals surface area contributed by atoms with Crippen molar-refractivity contribution in [3.8, 4) is 11.1 Å². The van der Waals surface area contributed by atoms with Gasteiger partial charge in [-0.3, -0.25) is 0 Å². The average Bonchev–Trinajstić information content (AvgIpc) is 2.79. The van der Waals surface area contributed by atoms with Crippen LogP contribution < -0.4 is 0 Å². The fraction of sp³-hybridized carbons (Fsp3) is 0.310. The summed E-state index contributed by atoms with van der Waals surface area (Å²) >= 11 is 0. The van der Waals surface area contributed by atoms with Crippen LogP contribution in [0.4, 0.5) is 4.39 Å². The lowest BCUT2D eigenvalue weighted by atomic mass is 9.77. The smallest absolute Gasteiger partial charge is 0.138 e. The molecular weight excluding hydrogens is 367 g/mol. The SMILES string of the molecule is C=CCCC1CCC(c2ccc(-c3ccc4cc(/C=C/C)ccc4c3F)cc2)CC1. The van der Waals surface area contributed by atoms with Crippen molar-refractivity contribution in [3.05, 3.63) is 90.3 Å². The molecule has 1 saturated carbocycles. The molecule has 0 heterocycles. The molecule has 0 aliphatic heterocycles. The number of rotatable bonds is 6. The van der Waals surface area contributed by atoms with Crippen LogP contribution in [0.1, 0.15) is 62.5 Å². The molecule has 3 aromatic rings. The predicted octanol–water partition coefficient (Wildman–Crippen LogP) is 8.92. The molecule has 4 rings (SSSR count). The van der Waals surface area contributed by atoms with Crippen molar-refractivity contribution in [2.45, 2.75) is 51.4 Å². The summed E-state index contributed by atoms with van der Waals surface area (Å²) in [5, 5.41) is 1.62. The van der Waals surface area contributed by atoms with E-state index in [1.807, 2.05) is 55.5 Å². The van der Waals surface area contributed by atoms with Gasteiger partial charge in [0.15, 0.2) is 0 Å². The Bertz CT molecular complexity index is 1030. The van der Waals surface area contributed by atoms with Crippen LogP contribution in [-0.2, 0) is 0 Å². The Morgan fingerprint density at radius 2 is 1.73 bits per heavy atom. The molecule has 0 unspecified atom stereocenters. The van der Waals surface area contributed by atoms with Crippen molar-refractivity contribution >= 4 is 16.8 Å². The van der Waals surface area contributed by atoms with E-state index in [9.17, 15) is 0 Å². The monoisotopic (exact) mass is 398 g/mol. The van der Waals surface area contributed by atoms with Gasteiger partial charge in [-0.05, 0) is 85.4 Å². The minimum atomic E-state index is -0.130. The van der Waals surface area contributed by atoms with Crippen molar-refractivity contribution in [1.29, 1.82) is 0 Å². The van der Waals surface area contributed by atoms with Crippen LogP contribution in [0.5, 0.6) is 0 Å². The largest absolute Gasteiger partial charge is 0.206 e. The van der Waals surface area contributed by atoms with Gasteiger partial charge in [-0.15, -0.1) is 6.58 Å². The van der Waals surface area contributed by atoms with E-state index in [4.69, 9.17) is 0 Å². The second-order valence-corrected chi connectivity index (χ2v) is 8.61. The van der Waals surface area contributed by atoms with Gasteiger partial charge in [0.25, 0.3) is 0 Å². The van der Waals surface area contributed by atoms with Crippen molar-refractivity contribution in [2.75, 3.05) is 0 Å². The van der Waals surface area contributed by atoms with Gasteiger partial charge < -0.3 is 0 Å². The quantitative estimate of drug-likeness (QED) is 0.364. The van der Waals surface area contributed by atoms with Crippen molar-refractivity contribution < 1.29 is 4.39 Å². The molecule has 3 aromatic carbocycles. The van der Waals surface area contributed by atoms with Crippen molar-refractivity contribution in [2.24, 2.45) is 5.92 Å². The van der Waals surface area contributed by atoms with E-state index in [2.05, 4.69) is 30.8 Å². The summed E-state index contributed by atoms with van der Waals surface area (Å²) in [4.78, 5) is 0. The minimum absolute atomic E-state index is 0.130. The summed E-state index contributed by atoms with van der Waals surface area (Å²) < 4.78 is 15.2. The number of halogens is 1. The second kappa shape index (κ2) is 9.43. The van der Waals surface area contributed by atoms with Crippen LogP contribution in [-0.4, -0.2) is 0 Å². The van der Waals surface area contributed by atoms with Crippen molar-refractivity contribution in [3.63, 3.8) is 0 Å². The summed E-state index contributed by atoms with van der Waals surface area (Å²) in [5.41, 5.74) is 4.13. The third-order valence-electron chi connectivity index (χ3n) is 6.66. The average molecular weight is 399 g/mol. The molecule has 1 aliphatic carbocycles. The molecule has 0 saturated heterocycles. The molecule has 1 aliphatic rings. The maximum Gasteiger partial charge on any atom is 0.138 e. The van der Waals surface area contributed by atoms with Crippen LogP contribution in [0.15, 0.2) is 73.3 Å². The lowest BCUT2D eigenvalue weighted by molar-refractivity contribution is 0.312.